The molecule has 1 aromatic heterocycles. The summed E-state index contributed by atoms with van der Waals surface area (Å²) in [5.41, 5.74) is 1.52. The lowest BCUT2D eigenvalue weighted by molar-refractivity contribution is 0.0933. The van der Waals surface area contributed by atoms with Gasteiger partial charge in [-0.1, -0.05) is 39.9 Å². The van der Waals surface area contributed by atoms with Gasteiger partial charge in [0.15, 0.2) is 0 Å². The van der Waals surface area contributed by atoms with Crippen molar-refractivity contribution in [2.75, 3.05) is 4.43 Å². The van der Waals surface area contributed by atoms with Crippen molar-refractivity contribution in [1.82, 2.24) is 15.0 Å². The van der Waals surface area contributed by atoms with Gasteiger partial charge in [0.25, 0.3) is 5.91 Å². The molecule has 2 rings (SSSR count). The van der Waals surface area contributed by atoms with E-state index in [4.69, 9.17) is 0 Å². The van der Waals surface area contributed by atoms with E-state index in [1.165, 1.54) is 4.68 Å². The van der Waals surface area contributed by atoms with E-state index in [0.29, 0.717) is 4.43 Å². The summed E-state index contributed by atoms with van der Waals surface area (Å²) in [6.07, 6.45) is 0. The van der Waals surface area contributed by atoms with E-state index in [2.05, 4.69) is 10.3 Å². The van der Waals surface area contributed by atoms with Crippen LogP contribution in [0, 0.1) is 0 Å². The van der Waals surface area contributed by atoms with Gasteiger partial charge in [-0.15, -0.1) is 5.10 Å². The van der Waals surface area contributed by atoms with Crippen LogP contribution in [0.3, 0.4) is 0 Å². The second-order valence-corrected chi connectivity index (χ2v) is 3.28. The van der Waals surface area contributed by atoms with Gasteiger partial charge in [-0.2, -0.15) is 4.68 Å². The van der Waals surface area contributed by atoms with E-state index in [0.717, 1.165) is 11.0 Å². The molecule has 0 bridgehead atoms. The lowest BCUT2D eigenvalue weighted by Crippen LogP contribution is -2.12. The van der Waals surface area contributed by atoms with Crippen molar-refractivity contribution >= 4 is 39.5 Å². The smallest absolute Gasteiger partial charge is 0.258 e. The van der Waals surface area contributed by atoms with Crippen molar-refractivity contribution in [3.8, 4) is 0 Å². The van der Waals surface area contributed by atoms with E-state index >= 15 is 0 Å². The van der Waals surface area contributed by atoms with Crippen molar-refractivity contribution in [2.45, 2.75) is 0 Å². The number of carbonyl (C=O) groups excluding carboxylic acids is 1. The molecule has 0 aliphatic carbocycles. The van der Waals surface area contributed by atoms with Crippen LogP contribution in [-0.4, -0.2) is 25.3 Å². The van der Waals surface area contributed by atoms with Crippen LogP contribution in [0.1, 0.15) is 4.79 Å². The van der Waals surface area contributed by atoms with Crippen LogP contribution in [0.4, 0.5) is 0 Å². The third kappa shape index (κ3) is 1.43. The van der Waals surface area contributed by atoms with E-state index < -0.39 is 0 Å². The maximum atomic E-state index is 11.3. The number of benzene rings is 1. The Morgan fingerprint density at radius 3 is 3.00 bits per heavy atom. The fourth-order valence-corrected chi connectivity index (χ4v) is 1.43. The zero-order chi connectivity index (χ0) is 9.26. The highest BCUT2D eigenvalue weighted by molar-refractivity contribution is 14.1. The van der Waals surface area contributed by atoms with E-state index in [9.17, 15) is 4.79 Å². The summed E-state index contributed by atoms with van der Waals surface area (Å²) in [4.78, 5) is 11.3. The third-order valence-corrected chi connectivity index (χ3v) is 2.35. The first-order valence-electron chi connectivity index (χ1n) is 3.72. The summed E-state index contributed by atoms with van der Waals surface area (Å²) in [7, 11) is 0. The maximum Gasteiger partial charge on any atom is 0.258 e. The summed E-state index contributed by atoms with van der Waals surface area (Å²) in [6, 6.07) is 7.40. The molecule has 0 aliphatic heterocycles. The Balaban J connectivity index is 2.64. The fourth-order valence-electron chi connectivity index (χ4n) is 1.11. The minimum Gasteiger partial charge on any atom is -0.272 e. The number of nitrogens with zero attached hydrogens (tertiary/aromatic N) is 3. The van der Waals surface area contributed by atoms with Crippen molar-refractivity contribution in [3.63, 3.8) is 0 Å². The molecule has 66 valence electrons. The van der Waals surface area contributed by atoms with E-state index in [1.807, 2.05) is 46.9 Å². The summed E-state index contributed by atoms with van der Waals surface area (Å²) >= 11 is 2.01. The van der Waals surface area contributed by atoms with Gasteiger partial charge in [-0.3, -0.25) is 4.79 Å². The number of hydrogen-bond acceptors (Lipinski definition) is 3. The standard InChI is InChI=1S/C8H6IN3O/c9-5-8(13)12-7-4-2-1-3-6(7)10-11-12/h1-4H,5H2. The number of alkyl halides is 1. The molecule has 4 nitrogen and oxygen atoms in total. The molecule has 1 aromatic carbocycles. The molecule has 0 radical (unpaired) electrons. The van der Waals surface area contributed by atoms with Gasteiger partial charge in [0, 0.05) is 0 Å². The van der Waals surface area contributed by atoms with Crippen LogP contribution < -0.4 is 0 Å². The van der Waals surface area contributed by atoms with Gasteiger partial charge in [-0.25, -0.2) is 0 Å². The lowest BCUT2D eigenvalue weighted by Gasteiger charge is -1.94. The topological polar surface area (TPSA) is 47.8 Å². The maximum absolute atomic E-state index is 11.3. The molecule has 13 heavy (non-hydrogen) atoms. The van der Waals surface area contributed by atoms with E-state index in [1.54, 1.807) is 0 Å². The van der Waals surface area contributed by atoms with E-state index in [-0.39, 0.29) is 5.91 Å². The highest BCUT2D eigenvalue weighted by Crippen LogP contribution is 2.09. The Labute approximate surface area is 88.1 Å². The Bertz CT molecular complexity index is 451. The minimum absolute atomic E-state index is 0.0469. The molecular formula is C8H6IN3O. The molecule has 1 heterocycles. The molecule has 5 heteroatoms. The molecule has 0 saturated carbocycles. The fraction of sp³-hybridized carbons (Fsp3) is 0.125. The first-order valence-corrected chi connectivity index (χ1v) is 5.25. The van der Waals surface area contributed by atoms with Gasteiger partial charge in [-0.05, 0) is 12.1 Å². The quantitative estimate of drug-likeness (QED) is 0.590. The monoisotopic (exact) mass is 287 g/mol. The molecule has 0 N–H and O–H groups in total. The van der Waals surface area contributed by atoms with Crippen molar-refractivity contribution < 1.29 is 4.79 Å². The number of fused-ring (bicyclic) bond motifs is 1. The number of aromatic nitrogens is 3. The number of rotatable bonds is 1. The summed E-state index contributed by atoms with van der Waals surface area (Å²) in [5.74, 6) is -0.0469. The number of hydrogen-bond donors (Lipinski definition) is 0. The van der Waals surface area contributed by atoms with Gasteiger partial charge >= 0.3 is 0 Å². The Kier molecular flexibility index (Phi) is 2.26. The van der Waals surface area contributed by atoms with Crippen LogP contribution in [0.25, 0.3) is 11.0 Å². The molecule has 0 unspecified atom stereocenters. The van der Waals surface area contributed by atoms with Crippen molar-refractivity contribution in [1.29, 1.82) is 0 Å². The van der Waals surface area contributed by atoms with Crippen LogP contribution in [0.15, 0.2) is 24.3 Å². The predicted octanol–water partition coefficient (Wildman–Crippen LogP) is 1.51. The van der Waals surface area contributed by atoms with Crippen LogP contribution in [0.5, 0.6) is 0 Å². The largest absolute Gasteiger partial charge is 0.272 e. The molecule has 0 saturated heterocycles. The highest BCUT2D eigenvalue weighted by Gasteiger charge is 2.08. The second kappa shape index (κ2) is 3.41. The van der Waals surface area contributed by atoms with Crippen LogP contribution in [0.2, 0.25) is 0 Å². The number of para-hydroxylation sites is 1. The number of halogens is 1. The third-order valence-electron chi connectivity index (χ3n) is 1.70. The van der Waals surface area contributed by atoms with Gasteiger partial charge in [0.2, 0.25) is 0 Å². The zero-order valence-corrected chi connectivity index (χ0v) is 8.80. The Morgan fingerprint density at radius 2 is 2.23 bits per heavy atom. The first-order chi connectivity index (χ1) is 6.33. The summed E-state index contributed by atoms with van der Waals surface area (Å²) < 4.78 is 1.74. The molecule has 0 aliphatic rings. The van der Waals surface area contributed by atoms with Crippen LogP contribution in [-0.2, 0) is 0 Å². The van der Waals surface area contributed by atoms with Gasteiger partial charge in [0.1, 0.15) is 5.52 Å². The van der Waals surface area contributed by atoms with Crippen molar-refractivity contribution in [3.05, 3.63) is 24.3 Å². The molecule has 0 fully saturated rings. The summed E-state index contributed by atoms with van der Waals surface area (Å²) in [6.45, 7) is 0. The van der Waals surface area contributed by atoms with Crippen molar-refractivity contribution in [2.24, 2.45) is 0 Å². The average molecular weight is 287 g/mol. The van der Waals surface area contributed by atoms with Gasteiger partial charge < -0.3 is 0 Å². The van der Waals surface area contributed by atoms with Crippen LogP contribution >= 0.6 is 22.6 Å². The molecule has 2 aromatic rings. The molecular weight excluding hydrogens is 281 g/mol. The molecule has 0 spiro atoms. The molecule has 0 amide bonds. The molecule has 0 atom stereocenters. The zero-order valence-electron chi connectivity index (χ0n) is 6.64. The second-order valence-electron chi connectivity index (χ2n) is 2.52. The lowest BCUT2D eigenvalue weighted by atomic mass is 10.3. The SMILES string of the molecule is O=C(CI)n1nnc2ccccc21. The van der Waals surface area contributed by atoms with Gasteiger partial charge in [0.05, 0.1) is 9.94 Å². The minimum atomic E-state index is -0.0469. The first kappa shape index (κ1) is 8.61. The highest BCUT2D eigenvalue weighted by atomic mass is 127. The Hall–Kier alpha value is -0.980. The Morgan fingerprint density at radius 1 is 1.46 bits per heavy atom. The number of carbonyl (C=O) groups is 1. The normalized spacial score (nSPS) is 10.5. The average Bonchev–Trinajstić information content (AvgIpc) is 2.60. The predicted molar refractivity (Wildman–Crippen MR) is 57.0 cm³/mol. The summed E-state index contributed by atoms with van der Waals surface area (Å²) in [5, 5.41) is 7.65.